The summed E-state index contributed by atoms with van der Waals surface area (Å²) in [5.74, 6) is 1.28. The van der Waals surface area contributed by atoms with Crippen LogP contribution in [0.1, 0.15) is 34.7 Å². The van der Waals surface area contributed by atoms with Crippen molar-refractivity contribution in [1.82, 2.24) is 24.6 Å². The summed E-state index contributed by atoms with van der Waals surface area (Å²) >= 11 is 1.74. The van der Waals surface area contributed by atoms with Gasteiger partial charge in [0.05, 0.1) is 5.56 Å². The second-order valence-electron chi connectivity index (χ2n) is 5.87. The molecule has 1 amide bonds. The number of pyridine rings is 1. The Bertz CT molecular complexity index is 790. The third kappa shape index (κ3) is 2.94. The molecule has 7 heteroatoms. The lowest BCUT2D eigenvalue weighted by atomic mass is 9.91. The van der Waals surface area contributed by atoms with Crippen molar-refractivity contribution >= 4 is 17.2 Å². The zero-order valence-corrected chi connectivity index (χ0v) is 13.9. The van der Waals surface area contributed by atoms with Gasteiger partial charge in [-0.05, 0) is 53.3 Å². The third-order valence-electron chi connectivity index (χ3n) is 4.45. The highest BCUT2D eigenvalue weighted by atomic mass is 32.1. The molecule has 0 unspecified atom stereocenters. The van der Waals surface area contributed by atoms with E-state index in [4.69, 9.17) is 0 Å². The van der Waals surface area contributed by atoms with E-state index in [0.717, 1.165) is 25.9 Å². The van der Waals surface area contributed by atoms with E-state index in [2.05, 4.69) is 31.9 Å². The molecule has 122 valence electrons. The topological polar surface area (TPSA) is 63.9 Å². The van der Waals surface area contributed by atoms with Gasteiger partial charge < -0.3 is 4.90 Å². The highest BCUT2D eigenvalue weighted by Crippen LogP contribution is 2.29. The maximum atomic E-state index is 12.6. The number of nitrogens with zero attached hydrogens (tertiary/aromatic N) is 5. The Balaban J connectivity index is 1.41. The summed E-state index contributed by atoms with van der Waals surface area (Å²) in [6.07, 6.45) is 6.70. The van der Waals surface area contributed by atoms with Crippen molar-refractivity contribution in [2.45, 2.75) is 18.8 Å². The molecule has 24 heavy (non-hydrogen) atoms. The average Bonchev–Trinajstić information content (AvgIpc) is 3.35. The summed E-state index contributed by atoms with van der Waals surface area (Å²) in [5.41, 5.74) is 2.03. The van der Waals surface area contributed by atoms with Crippen molar-refractivity contribution in [2.75, 3.05) is 13.1 Å². The number of likely N-dealkylation sites (tertiary alicyclic amines) is 1. The number of piperidine rings is 1. The lowest BCUT2D eigenvalue weighted by Gasteiger charge is -2.31. The zero-order valence-electron chi connectivity index (χ0n) is 13.1. The van der Waals surface area contributed by atoms with Crippen LogP contribution >= 0.6 is 11.3 Å². The number of amides is 1. The van der Waals surface area contributed by atoms with Crippen LogP contribution in [0.5, 0.6) is 0 Å². The lowest BCUT2D eigenvalue weighted by molar-refractivity contribution is 0.0712. The Morgan fingerprint density at radius 1 is 1.21 bits per heavy atom. The molecule has 0 aliphatic carbocycles. The molecule has 1 saturated heterocycles. The standard InChI is InChI=1S/C17H17N5OS/c23-17(14-1-2-16(19-9-14)22-12-18-11-20-22)21-6-3-13(4-7-21)15-5-8-24-10-15/h1-2,5,8-13H,3-4,6-7H2. The van der Waals surface area contributed by atoms with Crippen LogP contribution in [-0.4, -0.2) is 43.6 Å². The smallest absolute Gasteiger partial charge is 0.255 e. The highest BCUT2D eigenvalue weighted by Gasteiger charge is 2.24. The normalized spacial score (nSPS) is 15.6. The molecular formula is C17H17N5OS. The molecule has 0 saturated carbocycles. The lowest BCUT2D eigenvalue weighted by Crippen LogP contribution is -2.37. The summed E-state index contributed by atoms with van der Waals surface area (Å²) in [4.78, 5) is 22.8. The largest absolute Gasteiger partial charge is 0.339 e. The van der Waals surface area contributed by atoms with Gasteiger partial charge in [-0.2, -0.15) is 16.4 Å². The monoisotopic (exact) mass is 339 g/mol. The molecule has 0 aromatic carbocycles. The van der Waals surface area contributed by atoms with Crippen molar-refractivity contribution in [3.8, 4) is 5.82 Å². The van der Waals surface area contributed by atoms with Crippen molar-refractivity contribution < 1.29 is 4.79 Å². The summed E-state index contributed by atoms with van der Waals surface area (Å²) in [6, 6.07) is 5.79. The highest BCUT2D eigenvalue weighted by molar-refractivity contribution is 7.07. The molecule has 1 aliphatic rings. The second-order valence-corrected chi connectivity index (χ2v) is 6.65. The minimum atomic E-state index is 0.0522. The fourth-order valence-corrected chi connectivity index (χ4v) is 3.82. The third-order valence-corrected chi connectivity index (χ3v) is 5.15. The van der Waals surface area contributed by atoms with Crippen LogP contribution in [-0.2, 0) is 0 Å². The number of hydrogen-bond donors (Lipinski definition) is 0. The van der Waals surface area contributed by atoms with Crippen molar-refractivity contribution in [3.05, 3.63) is 58.9 Å². The van der Waals surface area contributed by atoms with Crippen molar-refractivity contribution in [3.63, 3.8) is 0 Å². The molecule has 4 heterocycles. The second kappa shape index (κ2) is 6.52. The van der Waals surface area contributed by atoms with Crippen molar-refractivity contribution in [1.29, 1.82) is 0 Å². The molecule has 0 atom stereocenters. The minimum absolute atomic E-state index is 0.0522. The average molecular weight is 339 g/mol. The van der Waals surface area contributed by atoms with Gasteiger partial charge in [-0.25, -0.2) is 14.6 Å². The number of thiophene rings is 1. The molecule has 3 aromatic heterocycles. The number of rotatable bonds is 3. The van der Waals surface area contributed by atoms with Crippen LogP contribution in [0, 0.1) is 0 Å². The fourth-order valence-electron chi connectivity index (χ4n) is 3.08. The quantitative estimate of drug-likeness (QED) is 0.736. The Kier molecular flexibility index (Phi) is 4.08. The van der Waals surface area contributed by atoms with E-state index in [9.17, 15) is 4.79 Å². The van der Waals surface area contributed by atoms with Gasteiger partial charge in [-0.1, -0.05) is 0 Å². The van der Waals surface area contributed by atoms with Gasteiger partial charge in [-0.15, -0.1) is 0 Å². The van der Waals surface area contributed by atoms with E-state index >= 15 is 0 Å². The van der Waals surface area contributed by atoms with E-state index in [1.54, 1.807) is 40.7 Å². The first kappa shape index (κ1) is 15.0. The maximum absolute atomic E-state index is 12.6. The van der Waals surface area contributed by atoms with Gasteiger partial charge in [-0.3, -0.25) is 4.79 Å². The minimum Gasteiger partial charge on any atom is -0.339 e. The molecule has 3 aromatic rings. The molecule has 0 bridgehead atoms. The number of carbonyl (C=O) groups excluding carboxylic acids is 1. The molecular weight excluding hydrogens is 322 g/mol. The Morgan fingerprint density at radius 2 is 2.08 bits per heavy atom. The summed E-state index contributed by atoms with van der Waals surface area (Å²) < 4.78 is 1.57. The number of carbonyl (C=O) groups is 1. The summed E-state index contributed by atoms with van der Waals surface area (Å²) in [6.45, 7) is 1.59. The number of aromatic nitrogens is 4. The van der Waals surface area contributed by atoms with E-state index in [-0.39, 0.29) is 5.91 Å². The molecule has 1 fully saturated rings. The Morgan fingerprint density at radius 3 is 2.71 bits per heavy atom. The fraction of sp³-hybridized carbons (Fsp3) is 0.294. The molecule has 0 N–H and O–H groups in total. The maximum Gasteiger partial charge on any atom is 0.255 e. The van der Waals surface area contributed by atoms with Gasteiger partial charge in [0.1, 0.15) is 12.7 Å². The first-order valence-electron chi connectivity index (χ1n) is 7.94. The summed E-state index contributed by atoms with van der Waals surface area (Å²) in [7, 11) is 0. The molecule has 1 aliphatic heterocycles. The van der Waals surface area contributed by atoms with E-state index in [1.807, 2.05) is 4.90 Å². The SMILES string of the molecule is O=C(c1ccc(-n2cncn2)nc1)N1CCC(c2ccsc2)CC1. The summed E-state index contributed by atoms with van der Waals surface area (Å²) in [5, 5.41) is 8.37. The first-order chi connectivity index (χ1) is 11.8. The van der Waals surface area contributed by atoms with Gasteiger partial charge in [0, 0.05) is 19.3 Å². The Labute approximate surface area is 143 Å². The molecule has 0 radical (unpaired) electrons. The predicted octanol–water partition coefficient (Wildman–Crippen LogP) is 2.74. The van der Waals surface area contributed by atoms with Gasteiger partial charge >= 0.3 is 0 Å². The predicted molar refractivity (Wildman–Crippen MR) is 91.4 cm³/mol. The van der Waals surface area contributed by atoms with Crippen LogP contribution in [0.3, 0.4) is 0 Å². The van der Waals surface area contributed by atoms with Crippen LogP contribution in [0.25, 0.3) is 5.82 Å². The van der Waals surface area contributed by atoms with Gasteiger partial charge in [0.2, 0.25) is 0 Å². The van der Waals surface area contributed by atoms with E-state index in [0.29, 0.717) is 17.3 Å². The van der Waals surface area contributed by atoms with Crippen molar-refractivity contribution in [2.24, 2.45) is 0 Å². The van der Waals surface area contributed by atoms with Gasteiger partial charge in [0.25, 0.3) is 5.91 Å². The first-order valence-corrected chi connectivity index (χ1v) is 8.88. The Hall–Kier alpha value is -2.54. The molecule has 0 spiro atoms. The number of hydrogen-bond acceptors (Lipinski definition) is 5. The van der Waals surface area contributed by atoms with Crippen LogP contribution in [0.2, 0.25) is 0 Å². The van der Waals surface area contributed by atoms with Crippen LogP contribution < -0.4 is 0 Å². The zero-order chi connectivity index (χ0) is 16.4. The van der Waals surface area contributed by atoms with Crippen LogP contribution in [0.4, 0.5) is 0 Å². The van der Waals surface area contributed by atoms with Gasteiger partial charge in [0.15, 0.2) is 5.82 Å². The molecule has 6 nitrogen and oxygen atoms in total. The van der Waals surface area contributed by atoms with Crippen LogP contribution in [0.15, 0.2) is 47.8 Å². The molecule has 4 rings (SSSR count). The van der Waals surface area contributed by atoms with E-state index in [1.165, 1.54) is 11.9 Å². The van der Waals surface area contributed by atoms with E-state index < -0.39 is 0 Å².